The number of benzene rings is 3. The first kappa shape index (κ1) is 28.3. The van der Waals surface area contributed by atoms with E-state index in [0.717, 1.165) is 10.9 Å². The average molecular weight is 681 g/mol. The van der Waals surface area contributed by atoms with Gasteiger partial charge in [-0.15, -0.1) is 0 Å². The minimum Gasteiger partial charge on any atom is -0.482 e. The van der Waals surface area contributed by atoms with Gasteiger partial charge < -0.3 is 10.1 Å². The Morgan fingerprint density at radius 1 is 1.13 bits per heavy atom. The molecule has 0 saturated heterocycles. The van der Waals surface area contributed by atoms with Crippen LogP contribution in [0.1, 0.15) is 37.6 Å². The molecule has 0 aliphatic heterocycles. The Labute approximate surface area is 246 Å². The second kappa shape index (κ2) is 12.4. The summed E-state index contributed by atoms with van der Waals surface area (Å²) in [5.41, 5.74) is 1.36. The lowest BCUT2D eigenvalue weighted by Gasteiger charge is -2.15. The third kappa shape index (κ3) is 6.64. The lowest BCUT2D eigenvalue weighted by atomic mass is 10.1. The Morgan fingerprint density at radius 3 is 2.58 bits per heavy atom. The van der Waals surface area contributed by atoms with Crippen LogP contribution in [-0.2, 0) is 4.79 Å². The maximum absolute atomic E-state index is 13.4. The fourth-order valence-corrected chi connectivity index (χ4v) is 5.03. The summed E-state index contributed by atoms with van der Waals surface area (Å²) in [6.07, 6.45) is 2.24. The van der Waals surface area contributed by atoms with Crippen LogP contribution in [0.5, 0.6) is 5.75 Å². The summed E-state index contributed by atoms with van der Waals surface area (Å²) in [7, 11) is 0. The van der Waals surface area contributed by atoms with E-state index < -0.39 is 0 Å². The maximum atomic E-state index is 13.4. The van der Waals surface area contributed by atoms with Crippen molar-refractivity contribution in [1.82, 2.24) is 9.66 Å². The van der Waals surface area contributed by atoms with Crippen LogP contribution in [0.3, 0.4) is 0 Å². The van der Waals surface area contributed by atoms with E-state index >= 15 is 0 Å². The molecule has 0 bridgehead atoms. The normalized spacial score (nSPS) is 12.2. The molecule has 4 rings (SSSR count). The predicted molar refractivity (Wildman–Crippen MR) is 160 cm³/mol. The topological polar surface area (TPSA) is 85.6 Å². The van der Waals surface area contributed by atoms with Crippen molar-refractivity contribution < 1.29 is 9.53 Å². The molecule has 0 aliphatic carbocycles. The monoisotopic (exact) mass is 678 g/mol. The van der Waals surface area contributed by atoms with Crippen molar-refractivity contribution in [2.75, 3.05) is 11.9 Å². The highest BCUT2D eigenvalue weighted by molar-refractivity contribution is 9.10. The number of carbonyl (C=O) groups excluding carboxylic acids is 1. The van der Waals surface area contributed by atoms with Gasteiger partial charge in [0.05, 0.1) is 21.6 Å². The molecule has 0 spiro atoms. The molecule has 1 amide bonds. The van der Waals surface area contributed by atoms with Gasteiger partial charge >= 0.3 is 0 Å². The number of amides is 1. The SMILES string of the molecule is CC[C@H](C)c1nc2ccc(Br)cc2c(=O)n1N=Cc1cc(Cl)cc(Br)c1OCC(=O)Nc1ccc(Cl)cc1. The second-order valence-corrected chi connectivity index (χ2v) is 11.1. The zero-order valence-electron chi connectivity index (χ0n) is 20.3. The number of hydrogen-bond donors (Lipinski definition) is 1. The molecule has 4 aromatic rings. The molecule has 0 radical (unpaired) electrons. The van der Waals surface area contributed by atoms with E-state index in [-0.39, 0.29) is 24.0 Å². The number of nitrogens with one attached hydrogen (secondary N) is 1. The number of carbonyl (C=O) groups is 1. The first-order valence-electron chi connectivity index (χ1n) is 11.6. The van der Waals surface area contributed by atoms with Gasteiger partial charge in [-0.05, 0) is 76.9 Å². The maximum Gasteiger partial charge on any atom is 0.282 e. The molecule has 3 aromatic carbocycles. The molecule has 0 fully saturated rings. The van der Waals surface area contributed by atoms with Crippen molar-refractivity contribution in [2.24, 2.45) is 5.10 Å². The molecule has 0 aliphatic rings. The van der Waals surface area contributed by atoms with E-state index in [1.807, 2.05) is 19.9 Å². The molecule has 1 aromatic heterocycles. The molecule has 38 heavy (non-hydrogen) atoms. The molecule has 1 atom stereocenters. The average Bonchev–Trinajstić information content (AvgIpc) is 2.88. The molecular formula is C27H22Br2Cl2N4O3. The highest BCUT2D eigenvalue weighted by atomic mass is 79.9. The highest BCUT2D eigenvalue weighted by Crippen LogP contribution is 2.32. The van der Waals surface area contributed by atoms with Crippen LogP contribution in [-0.4, -0.2) is 28.4 Å². The highest BCUT2D eigenvalue weighted by Gasteiger charge is 2.17. The van der Waals surface area contributed by atoms with Gasteiger partial charge in [0.2, 0.25) is 0 Å². The number of fused-ring (bicyclic) bond motifs is 1. The molecular weight excluding hydrogens is 659 g/mol. The van der Waals surface area contributed by atoms with Crippen LogP contribution in [0.4, 0.5) is 5.69 Å². The Kier molecular flexibility index (Phi) is 9.25. The molecule has 7 nitrogen and oxygen atoms in total. The minimum absolute atomic E-state index is 0.0220. The number of ether oxygens (including phenoxy) is 1. The minimum atomic E-state index is -0.364. The van der Waals surface area contributed by atoms with Gasteiger partial charge in [0.15, 0.2) is 6.61 Å². The van der Waals surface area contributed by atoms with Crippen LogP contribution < -0.4 is 15.6 Å². The second-order valence-electron chi connectivity index (χ2n) is 8.45. The third-order valence-corrected chi connectivity index (χ3v) is 7.26. The van der Waals surface area contributed by atoms with Gasteiger partial charge in [-0.2, -0.15) is 9.78 Å². The Hall–Kier alpha value is -2.72. The fraction of sp³-hybridized carbons (Fsp3) is 0.185. The van der Waals surface area contributed by atoms with E-state index in [4.69, 9.17) is 32.9 Å². The van der Waals surface area contributed by atoms with Gasteiger partial charge in [-0.25, -0.2) is 4.98 Å². The molecule has 0 saturated carbocycles. The summed E-state index contributed by atoms with van der Waals surface area (Å²) in [6.45, 7) is 3.74. The Balaban J connectivity index is 1.67. The van der Waals surface area contributed by atoms with Crippen molar-refractivity contribution in [3.8, 4) is 5.75 Å². The van der Waals surface area contributed by atoms with Crippen LogP contribution in [0, 0.1) is 0 Å². The number of anilines is 1. The molecule has 11 heteroatoms. The Bertz CT molecular complexity index is 1590. The van der Waals surface area contributed by atoms with Crippen molar-refractivity contribution >= 4 is 83.8 Å². The van der Waals surface area contributed by atoms with Crippen LogP contribution >= 0.6 is 55.1 Å². The van der Waals surface area contributed by atoms with Crippen molar-refractivity contribution in [3.05, 3.63) is 95.3 Å². The van der Waals surface area contributed by atoms with Crippen molar-refractivity contribution in [3.63, 3.8) is 0 Å². The van der Waals surface area contributed by atoms with Crippen molar-refractivity contribution in [2.45, 2.75) is 26.2 Å². The lowest BCUT2D eigenvalue weighted by Crippen LogP contribution is -2.24. The van der Waals surface area contributed by atoms with Crippen LogP contribution in [0.25, 0.3) is 10.9 Å². The van der Waals surface area contributed by atoms with E-state index in [9.17, 15) is 9.59 Å². The Morgan fingerprint density at radius 2 is 1.87 bits per heavy atom. The number of hydrogen-bond acceptors (Lipinski definition) is 5. The number of nitrogens with zero attached hydrogens (tertiary/aromatic N) is 3. The van der Waals surface area contributed by atoms with Gasteiger partial charge in [0.25, 0.3) is 11.5 Å². The van der Waals surface area contributed by atoms with E-state index in [2.05, 4.69) is 42.3 Å². The van der Waals surface area contributed by atoms with Gasteiger partial charge in [0, 0.05) is 31.7 Å². The first-order chi connectivity index (χ1) is 18.2. The molecule has 0 unspecified atom stereocenters. The lowest BCUT2D eigenvalue weighted by molar-refractivity contribution is -0.118. The van der Waals surface area contributed by atoms with E-state index in [1.54, 1.807) is 48.5 Å². The van der Waals surface area contributed by atoms with E-state index in [1.165, 1.54) is 10.9 Å². The summed E-state index contributed by atoms with van der Waals surface area (Å²) in [5.74, 6) is 0.497. The summed E-state index contributed by atoms with van der Waals surface area (Å²) in [4.78, 5) is 30.6. The zero-order valence-corrected chi connectivity index (χ0v) is 25.0. The van der Waals surface area contributed by atoms with E-state index in [0.29, 0.717) is 48.2 Å². The first-order valence-corrected chi connectivity index (χ1v) is 13.9. The fourth-order valence-electron chi connectivity index (χ4n) is 3.60. The summed E-state index contributed by atoms with van der Waals surface area (Å²) < 4.78 is 8.43. The third-order valence-electron chi connectivity index (χ3n) is 5.71. The largest absolute Gasteiger partial charge is 0.482 e. The number of aromatic nitrogens is 2. The van der Waals surface area contributed by atoms with Gasteiger partial charge in [-0.1, -0.05) is 53.0 Å². The smallest absolute Gasteiger partial charge is 0.282 e. The summed E-state index contributed by atoms with van der Waals surface area (Å²) in [5, 5.41) is 8.67. The summed E-state index contributed by atoms with van der Waals surface area (Å²) in [6, 6.07) is 15.4. The predicted octanol–water partition coefficient (Wildman–Crippen LogP) is 7.64. The molecule has 1 N–H and O–H groups in total. The van der Waals surface area contributed by atoms with Gasteiger partial charge in [0.1, 0.15) is 11.6 Å². The van der Waals surface area contributed by atoms with Crippen LogP contribution in [0.2, 0.25) is 10.0 Å². The standard InChI is InChI=1S/C27H22Br2Cl2N4O3/c1-3-15(2)26-34-23-9-4-17(28)11-21(23)27(37)35(26)32-13-16-10-19(31)12-22(29)25(16)38-14-24(36)33-20-7-5-18(30)6-8-20/h4-13,15H,3,14H2,1-2H3,(H,33,36)/t15-/m0/s1. The van der Waals surface area contributed by atoms with Crippen molar-refractivity contribution in [1.29, 1.82) is 0 Å². The number of rotatable bonds is 8. The summed E-state index contributed by atoms with van der Waals surface area (Å²) >= 11 is 19.1. The molecule has 196 valence electrons. The zero-order chi connectivity index (χ0) is 27.4. The quantitative estimate of drug-likeness (QED) is 0.194. The molecule has 1 heterocycles. The van der Waals surface area contributed by atoms with Gasteiger partial charge in [-0.3, -0.25) is 9.59 Å². The van der Waals surface area contributed by atoms with Crippen LogP contribution in [0.15, 0.2) is 73.4 Å². The number of halogens is 4.